The third-order valence-electron chi connectivity index (χ3n) is 5.06. The summed E-state index contributed by atoms with van der Waals surface area (Å²) >= 11 is 1.02. The number of rotatable bonds is 7. The summed E-state index contributed by atoms with van der Waals surface area (Å²) in [6.45, 7) is 1.14. The average Bonchev–Trinajstić information content (AvgIpc) is 3.31. The van der Waals surface area contributed by atoms with Crippen LogP contribution in [0.3, 0.4) is 0 Å². The summed E-state index contributed by atoms with van der Waals surface area (Å²) in [6.07, 6.45) is 1.38. The second kappa shape index (κ2) is 9.28. The lowest BCUT2D eigenvalue weighted by Gasteiger charge is -2.12. The number of phenolic OH excluding ortho intramolecular Hbond substituents is 1. The maximum Gasteiger partial charge on any atom is 0.360 e. The lowest BCUT2D eigenvalue weighted by Crippen LogP contribution is -2.23. The van der Waals surface area contributed by atoms with Gasteiger partial charge < -0.3 is 14.8 Å². The molecule has 2 aromatic heterocycles. The van der Waals surface area contributed by atoms with Gasteiger partial charge in [-0.25, -0.2) is 18.2 Å². The van der Waals surface area contributed by atoms with Crippen molar-refractivity contribution >= 4 is 60.4 Å². The Kier molecular flexibility index (Phi) is 6.32. The molecule has 2 heterocycles. The number of nitrogens with zero attached hydrogens (tertiary/aromatic N) is 3. The topological polar surface area (TPSA) is 225 Å². The molecule has 1 amide bonds. The van der Waals surface area contributed by atoms with Crippen LogP contribution >= 0.6 is 11.3 Å². The van der Waals surface area contributed by atoms with Crippen molar-refractivity contribution in [1.29, 1.82) is 0 Å². The first-order chi connectivity index (χ1) is 17.4. The van der Waals surface area contributed by atoms with Crippen LogP contribution in [0.15, 0.2) is 56.0 Å². The molecule has 0 unspecified atom stereocenters. The van der Waals surface area contributed by atoms with E-state index < -0.39 is 59.7 Å². The summed E-state index contributed by atoms with van der Waals surface area (Å²) in [7, 11) is -4.22. The van der Waals surface area contributed by atoms with Crippen LogP contribution in [-0.2, 0) is 10.0 Å². The number of nitrogens with one attached hydrogen (secondary N) is 2. The summed E-state index contributed by atoms with van der Waals surface area (Å²) in [5.74, 6) is -2.47. The molecule has 37 heavy (non-hydrogen) atoms. The smallest absolute Gasteiger partial charge is 0.360 e. The SMILES string of the molecule is Cc1c([N+](=O)[O-])c(O)c([N+](=O)[O-])c2oc(=O)c(C(=O)Nc3ccccc3S(=O)(=O)Nc3nccs3)cc12. The van der Waals surface area contributed by atoms with Crippen molar-refractivity contribution < 1.29 is 32.6 Å². The van der Waals surface area contributed by atoms with Gasteiger partial charge in [-0.05, 0) is 25.1 Å². The number of thiazole rings is 1. The normalized spacial score (nSPS) is 11.3. The highest BCUT2D eigenvalue weighted by Crippen LogP contribution is 2.44. The van der Waals surface area contributed by atoms with Gasteiger partial charge in [-0.1, -0.05) is 12.1 Å². The van der Waals surface area contributed by atoms with Crippen molar-refractivity contribution in [3.8, 4) is 5.75 Å². The molecule has 190 valence electrons. The van der Waals surface area contributed by atoms with E-state index in [1.165, 1.54) is 30.5 Å². The number of nitro benzene ring substituents is 2. The quantitative estimate of drug-likeness (QED) is 0.173. The van der Waals surface area contributed by atoms with Gasteiger partial charge in [-0.2, -0.15) is 0 Å². The molecule has 0 aliphatic carbocycles. The number of sulfonamides is 1. The van der Waals surface area contributed by atoms with E-state index in [1.54, 1.807) is 5.38 Å². The number of amides is 1. The minimum atomic E-state index is -4.22. The molecule has 0 bridgehead atoms. The first-order valence-corrected chi connectivity index (χ1v) is 12.2. The van der Waals surface area contributed by atoms with E-state index in [2.05, 4.69) is 15.0 Å². The Labute approximate surface area is 209 Å². The number of para-hydroxylation sites is 1. The molecule has 0 aliphatic rings. The van der Waals surface area contributed by atoms with E-state index in [9.17, 15) is 43.3 Å². The fourth-order valence-electron chi connectivity index (χ4n) is 3.44. The molecular weight excluding hydrogens is 534 g/mol. The lowest BCUT2D eigenvalue weighted by molar-refractivity contribution is -0.395. The first kappa shape index (κ1) is 25.2. The van der Waals surface area contributed by atoms with Crippen LogP contribution in [0.4, 0.5) is 22.2 Å². The fourth-order valence-corrected chi connectivity index (χ4v) is 5.39. The van der Waals surface area contributed by atoms with Crippen molar-refractivity contribution in [3.05, 3.63) is 83.7 Å². The Morgan fingerprint density at radius 2 is 1.84 bits per heavy atom. The summed E-state index contributed by atoms with van der Waals surface area (Å²) in [4.78, 5) is 49.7. The van der Waals surface area contributed by atoms with Crippen LogP contribution in [0.25, 0.3) is 11.0 Å². The molecular formula is C20H13N5O10S2. The molecule has 4 aromatic rings. The largest absolute Gasteiger partial charge is 0.497 e. The Hall–Kier alpha value is -4.90. The third-order valence-corrected chi connectivity index (χ3v) is 7.27. The van der Waals surface area contributed by atoms with Gasteiger partial charge in [0.25, 0.3) is 21.7 Å². The summed E-state index contributed by atoms with van der Waals surface area (Å²) in [5, 5.41) is 36.5. The number of anilines is 2. The average molecular weight is 547 g/mol. The van der Waals surface area contributed by atoms with Crippen molar-refractivity contribution in [3.63, 3.8) is 0 Å². The number of carbonyl (C=O) groups is 1. The van der Waals surface area contributed by atoms with Gasteiger partial charge in [0, 0.05) is 22.5 Å². The van der Waals surface area contributed by atoms with E-state index >= 15 is 0 Å². The van der Waals surface area contributed by atoms with Crippen molar-refractivity contribution in [2.45, 2.75) is 11.8 Å². The second-order valence-corrected chi connectivity index (χ2v) is 9.81. The molecule has 0 atom stereocenters. The molecule has 2 aromatic carbocycles. The van der Waals surface area contributed by atoms with Crippen molar-refractivity contribution in [1.82, 2.24) is 4.98 Å². The predicted molar refractivity (Wildman–Crippen MR) is 130 cm³/mol. The highest BCUT2D eigenvalue weighted by Gasteiger charge is 2.35. The number of fused-ring (bicyclic) bond motifs is 1. The van der Waals surface area contributed by atoms with Gasteiger partial charge in [0.05, 0.1) is 15.5 Å². The van der Waals surface area contributed by atoms with Crippen molar-refractivity contribution in [2.75, 3.05) is 10.0 Å². The molecule has 3 N–H and O–H groups in total. The van der Waals surface area contributed by atoms with Gasteiger partial charge in [0.1, 0.15) is 10.5 Å². The number of phenols is 1. The monoisotopic (exact) mass is 547 g/mol. The predicted octanol–water partition coefficient (Wildman–Crippen LogP) is 3.13. The lowest BCUT2D eigenvalue weighted by atomic mass is 10.0. The number of nitro groups is 2. The molecule has 0 saturated carbocycles. The second-order valence-electron chi connectivity index (χ2n) is 7.27. The molecule has 4 rings (SSSR count). The summed E-state index contributed by atoms with van der Waals surface area (Å²) in [5.41, 5.74) is -5.65. The van der Waals surface area contributed by atoms with E-state index in [0.29, 0.717) is 0 Å². The molecule has 0 fully saturated rings. The van der Waals surface area contributed by atoms with E-state index in [0.717, 1.165) is 24.3 Å². The number of hydrogen-bond donors (Lipinski definition) is 3. The number of hydrogen-bond acceptors (Lipinski definition) is 12. The van der Waals surface area contributed by atoms with Crippen LogP contribution in [0.1, 0.15) is 15.9 Å². The molecule has 17 heteroatoms. The minimum absolute atomic E-state index is 0.0678. The van der Waals surface area contributed by atoms with Crippen LogP contribution < -0.4 is 15.7 Å². The van der Waals surface area contributed by atoms with Crippen LogP contribution in [-0.4, -0.2) is 34.3 Å². The zero-order valence-corrected chi connectivity index (χ0v) is 20.0. The molecule has 0 radical (unpaired) electrons. The van der Waals surface area contributed by atoms with Gasteiger partial charge in [-0.3, -0.25) is 29.7 Å². The maximum absolute atomic E-state index is 13.0. The maximum atomic E-state index is 13.0. The van der Waals surface area contributed by atoms with Crippen molar-refractivity contribution in [2.24, 2.45) is 0 Å². The molecule has 0 saturated heterocycles. The van der Waals surface area contributed by atoms with Gasteiger partial charge in [0.15, 0.2) is 5.13 Å². The summed E-state index contributed by atoms with van der Waals surface area (Å²) < 4.78 is 32.8. The third kappa shape index (κ3) is 4.55. The number of aryl methyl sites for hydroxylation is 1. The Morgan fingerprint density at radius 1 is 1.16 bits per heavy atom. The minimum Gasteiger partial charge on any atom is -0.497 e. The fraction of sp³-hybridized carbons (Fsp3) is 0.0500. The van der Waals surface area contributed by atoms with E-state index in [1.807, 2.05) is 0 Å². The Morgan fingerprint density at radius 3 is 2.46 bits per heavy atom. The van der Waals surface area contributed by atoms with Gasteiger partial charge >= 0.3 is 17.0 Å². The number of benzene rings is 2. The van der Waals surface area contributed by atoms with Crippen LogP contribution in [0, 0.1) is 27.2 Å². The summed E-state index contributed by atoms with van der Waals surface area (Å²) in [6, 6.07) is 6.07. The van der Waals surface area contributed by atoms with E-state index in [4.69, 9.17) is 4.42 Å². The number of aromatic nitrogens is 1. The molecule has 15 nitrogen and oxygen atoms in total. The molecule has 0 spiro atoms. The van der Waals surface area contributed by atoms with Gasteiger partial charge in [0.2, 0.25) is 5.58 Å². The number of carbonyl (C=O) groups excluding carboxylic acids is 1. The first-order valence-electron chi connectivity index (χ1n) is 9.87. The molecule has 0 aliphatic heterocycles. The highest BCUT2D eigenvalue weighted by atomic mass is 32.2. The highest BCUT2D eigenvalue weighted by molar-refractivity contribution is 7.93. The van der Waals surface area contributed by atoms with Crippen LogP contribution in [0.2, 0.25) is 0 Å². The number of aromatic hydroxyl groups is 1. The Bertz CT molecular complexity index is 1760. The standard InChI is InChI=1S/C20H13N5O10S2/c1-9-10-8-11(19(28)35-17(10)15(25(31)32)16(26)14(9)24(29)30)18(27)22-12-4-2-3-5-13(12)37(33,34)23-20-21-6-7-36-20/h2-8,26H,1H3,(H,21,23)(H,22,27). The zero-order chi connectivity index (χ0) is 27.1. The van der Waals surface area contributed by atoms with E-state index in [-0.39, 0.29) is 26.7 Å². The van der Waals surface area contributed by atoms with Gasteiger partial charge in [-0.15, -0.1) is 11.3 Å². The zero-order valence-electron chi connectivity index (χ0n) is 18.3. The Balaban J connectivity index is 1.81. The van der Waals surface area contributed by atoms with Crippen LogP contribution in [0.5, 0.6) is 5.75 Å².